The predicted molar refractivity (Wildman–Crippen MR) is 146 cm³/mol. The number of hydrogen-bond acceptors (Lipinski definition) is 8. The zero-order chi connectivity index (χ0) is 25.8. The minimum Gasteiger partial charge on any atom is -0.508 e. The fraction of sp³-hybridized carbons (Fsp3) is 0.357. The van der Waals surface area contributed by atoms with Crippen LogP contribution in [0.4, 0.5) is 5.82 Å². The van der Waals surface area contributed by atoms with Crippen LogP contribution in [0, 0.1) is 0 Å². The SMILES string of the molecule is C/C=C/C(=O)CCC(=O)N1CC=C(c2cc3nc(-c4cccc(O)c4)nc(N4CCOCC4)c3s2)CC1. The Hall–Kier alpha value is -3.56. The second-order valence-corrected chi connectivity index (χ2v) is 10.2. The van der Waals surface area contributed by atoms with E-state index in [1.807, 2.05) is 11.0 Å². The molecule has 3 aromatic rings. The molecular formula is C28H30N4O4S. The Bertz CT molecular complexity index is 1370. The highest BCUT2D eigenvalue weighted by Crippen LogP contribution is 2.38. The lowest BCUT2D eigenvalue weighted by molar-refractivity contribution is -0.132. The molecule has 1 fully saturated rings. The van der Waals surface area contributed by atoms with Crippen molar-refractivity contribution in [2.75, 3.05) is 44.3 Å². The quantitative estimate of drug-likeness (QED) is 0.462. The highest BCUT2D eigenvalue weighted by atomic mass is 32.1. The maximum atomic E-state index is 12.6. The van der Waals surface area contributed by atoms with Gasteiger partial charge in [0.05, 0.1) is 23.4 Å². The number of ketones is 1. The summed E-state index contributed by atoms with van der Waals surface area (Å²) in [6.07, 6.45) is 6.57. The molecule has 0 atom stereocenters. The average Bonchev–Trinajstić information content (AvgIpc) is 3.36. The van der Waals surface area contributed by atoms with Crippen molar-refractivity contribution >= 4 is 44.6 Å². The number of anilines is 1. The fourth-order valence-corrected chi connectivity index (χ4v) is 5.80. The van der Waals surface area contributed by atoms with E-state index < -0.39 is 0 Å². The van der Waals surface area contributed by atoms with Gasteiger partial charge in [-0.15, -0.1) is 11.3 Å². The van der Waals surface area contributed by atoms with E-state index in [1.165, 1.54) is 11.6 Å². The first-order valence-electron chi connectivity index (χ1n) is 12.6. The maximum Gasteiger partial charge on any atom is 0.223 e. The Morgan fingerprint density at radius 3 is 2.70 bits per heavy atom. The number of aromatic nitrogens is 2. The van der Waals surface area contributed by atoms with Gasteiger partial charge in [-0.05, 0) is 43.2 Å². The monoisotopic (exact) mass is 518 g/mol. The minimum absolute atomic E-state index is 0.0146. The number of carbonyl (C=O) groups excluding carboxylic acids is 2. The van der Waals surface area contributed by atoms with Crippen LogP contribution in [0.25, 0.3) is 27.2 Å². The van der Waals surface area contributed by atoms with Gasteiger partial charge in [0, 0.05) is 49.5 Å². The molecule has 9 heteroatoms. The van der Waals surface area contributed by atoms with Crippen molar-refractivity contribution in [2.24, 2.45) is 0 Å². The third-order valence-electron chi connectivity index (χ3n) is 6.58. The molecule has 0 unspecified atom stereocenters. The molecule has 2 aliphatic heterocycles. The first-order chi connectivity index (χ1) is 18.0. The van der Waals surface area contributed by atoms with Crippen LogP contribution in [0.15, 0.2) is 48.6 Å². The molecule has 1 saturated heterocycles. The average molecular weight is 519 g/mol. The number of benzene rings is 1. The molecule has 0 saturated carbocycles. The van der Waals surface area contributed by atoms with Gasteiger partial charge in [0.2, 0.25) is 5.91 Å². The number of morpholine rings is 1. The van der Waals surface area contributed by atoms with Crippen LogP contribution in [0.1, 0.15) is 31.1 Å². The number of fused-ring (bicyclic) bond motifs is 1. The minimum atomic E-state index is -0.0170. The lowest BCUT2D eigenvalue weighted by Crippen LogP contribution is -2.36. The van der Waals surface area contributed by atoms with E-state index in [-0.39, 0.29) is 30.3 Å². The number of nitrogens with zero attached hydrogens (tertiary/aromatic N) is 4. The first-order valence-corrected chi connectivity index (χ1v) is 13.4. The highest BCUT2D eigenvalue weighted by molar-refractivity contribution is 7.20. The van der Waals surface area contributed by atoms with Crippen molar-refractivity contribution in [3.05, 3.63) is 53.4 Å². The Morgan fingerprint density at radius 2 is 1.97 bits per heavy atom. The van der Waals surface area contributed by atoms with Gasteiger partial charge >= 0.3 is 0 Å². The lowest BCUT2D eigenvalue weighted by Gasteiger charge is -2.28. The van der Waals surface area contributed by atoms with Gasteiger partial charge in [-0.25, -0.2) is 9.97 Å². The maximum absolute atomic E-state index is 12.6. The topological polar surface area (TPSA) is 95.9 Å². The van der Waals surface area contributed by atoms with E-state index in [9.17, 15) is 14.7 Å². The van der Waals surface area contributed by atoms with Gasteiger partial charge in [-0.2, -0.15) is 0 Å². The van der Waals surface area contributed by atoms with Crippen molar-refractivity contribution in [2.45, 2.75) is 26.2 Å². The van der Waals surface area contributed by atoms with Crippen LogP contribution < -0.4 is 4.90 Å². The third-order valence-corrected chi connectivity index (χ3v) is 7.78. The van der Waals surface area contributed by atoms with Crippen LogP contribution in [0.2, 0.25) is 0 Å². The zero-order valence-electron chi connectivity index (χ0n) is 20.9. The molecule has 1 amide bonds. The molecule has 4 heterocycles. The Kier molecular flexibility index (Phi) is 7.62. The molecular weight excluding hydrogens is 488 g/mol. The Balaban J connectivity index is 1.41. The number of rotatable bonds is 7. The van der Waals surface area contributed by atoms with E-state index in [1.54, 1.807) is 42.5 Å². The van der Waals surface area contributed by atoms with Crippen molar-refractivity contribution in [3.8, 4) is 17.1 Å². The molecule has 1 N–H and O–H groups in total. The molecule has 8 nitrogen and oxygen atoms in total. The summed E-state index contributed by atoms with van der Waals surface area (Å²) in [7, 11) is 0. The molecule has 37 heavy (non-hydrogen) atoms. The summed E-state index contributed by atoms with van der Waals surface area (Å²) < 4.78 is 6.59. The van der Waals surface area contributed by atoms with E-state index in [4.69, 9.17) is 14.7 Å². The van der Waals surface area contributed by atoms with Crippen LogP contribution in [-0.2, 0) is 14.3 Å². The second-order valence-electron chi connectivity index (χ2n) is 9.13. The number of phenols is 1. The molecule has 1 aromatic carbocycles. The van der Waals surface area contributed by atoms with Crippen molar-refractivity contribution in [1.82, 2.24) is 14.9 Å². The summed E-state index contributed by atoms with van der Waals surface area (Å²) >= 11 is 1.68. The normalized spacial score (nSPS) is 16.4. The van der Waals surface area contributed by atoms with Gasteiger partial charge in [-0.1, -0.05) is 24.3 Å². The molecule has 0 aliphatic carbocycles. The second kappa shape index (κ2) is 11.2. The van der Waals surface area contributed by atoms with E-state index in [0.29, 0.717) is 32.1 Å². The zero-order valence-corrected chi connectivity index (χ0v) is 21.7. The summed E-state index contributed by atoms with van der Waals surface area (Å²) in [5, 5.41) is 9.99. The van der Waals surface area contributed by atoms with Crippen LogP contribution >= 0.6 is 11.3 Å². The molecule has 192 valence electrons. The largest absolute Gasteiger partial charge is 0.508 e. The van der Waals surface area contributed by atoms with Gasteiger partial charge in [-0.3, -0.25) is 9.59 Å². The van der Waals surface area contributed by atoms with Crippen molar-refractivity contribution in [1.29, 1.82) is 0 Å². The van der Waals surface area contributed by atoms with Crippen LogP contribution in [0.5, 0.6) is 5.75 Å². The standard InChI is InChI=1S/C28H30N4O4S/c1-2-4-21(33)7-8-25(35)31-11-9-19(10-12-31)24-18-23-26(37-24)28(32-13-15-36-16-14-32)30-27(29-23)20-5-3-6-22(34)17-20/h2-6,9,17-18,34H,7-8,10-16H2,1H3/b4-2+. The molecule has 2 aliphatic rings. The molecule has 5 rings (SSSR count). The molecule has 0 radical (unpaired) electrons. The summed E-state index contributed by atoms with van der Waals surface area (Å²) in [6.45, 7) is 5.79. The van der Waals surface area contributed by atoms with Crippen molar-refractivity contribution < 1.29 is 19.4 Å². The molecule has 0 bridgehead atoms. The number of amides is 1. The predicted octanol–water partition coefficient (Wildman–Crippen LogP) is 4.44. The Morgan fingerprint density at radius 1 is 1.14 bits per heavy atom. The number of aromatic hydroxyl groups is 1. The number of allylic oxidation sites excluding steroid dienone is 2. The van der Waals surface area contributed by atoms with Gasteiger partial charge in [0.15, 0.2) is 17.4 Å². The van der Waals surface area contributed by atoms with Gasteiger partial charge < -0.3 is 19.6 Å². The summed E-state index contributed by atoms with van der Waals surface area (Å²) in [5.41, 5.74) is 2.84. The van der Waals surface area contributed by atoms with Gasteiger partial charge in [0.1, 0.15) is 5.75 Å². The summed E-state index contributed by atoms with van der Waals surface area (Å²) in [4.78, 5) is 39.3. The number of thiophene rings is 1. The smallest absolute Gasteiger partial charge is 0.223 e. The van der Waals surface area contributed by atoms with Crippen LogP contribution in [0.3, 0.4) is 0 Å². The molecule has 2 aromatic heterocycles. The van der Waals surface area contributed by atoms with E-state index >= 15 is 0 Å². The third kappa shape index (κ3) is 5.73. The van der Waals surface area contributed by atoms with Crippen LogP contribution in [-0.4, -0.2) is 71.1 Å². The first kappa shape index (κ1) is 25.1. The molecule has 0 spiro atoms. The van der Waals surface area contributed by atoms with Crippen molar-refractivity contribution in [3.63, 3.8) is 0 Å². The number of ether oxygens (including phenoxy) is 1. The van der Waals surface area contributed by atoms with Gasteiger partial charge in [0.25, 0.3) is 0 Å². The summed E-state index contributed by atoms with van der Waals surface area (Å²) in [5.74, 6) is 1.65. The number of phenolic OH excluding ortho intramolecular Hbond substituents is 1. The Labute approximate surface area is 219 Å². The number of carbonyl (C=O) groups is 2. The number of hydrogen-bond donors (Lipinski definition) is 1. The lowest BCUT2D eigenvalue weighted by atomic mass is 10.1. The van der Waals surface area contributed by atoms with E-state index in [0.717, 1.165) is 46.0 Å². The van der Waals surface area contributed by atoms with E-state index in [2.05, 4.69) is 17.0 Å². The highest BCUT2D eigenvalue weighted by Gasteiger charge is 2.23. The fourth-order valence-electron chi connectivity index (χ4n) is 4.61. The summed E-state index contributed by atoms with van der Waals surface area (Å²) in [6, 6.07) is 9.12.